The summed E-state index contributed by atoms with van der Waals surface area (Å²) in [5, 5.41) is 14.9. The van der Waals surface area contributed by atoms with Crippen molar-refractivity contribution in [2.75, 3.05) is 31.5 Å². The Labute approximate surface area is 195 Å². The molecule has 0 aliphatic carbocycles. The van der Waals surface area contributed by atoms with E-state index >= 15 is 0 Å². The topological polar surface area (TPSA) is 88.7 Å². The maximum Gasteiger partial charge on any atom is 0.325 e. The SMILES string of the molecule is CC(=O)Nc1ccc2[nH]cc([C@@H](C(=O)O)N3CCN(Cc4ccc(Cl)cc4Cl)CC3)c2c1. The molecule has 0 saturated carbocycles. The van der Waals surface area contributed by atoms with Crippen molar-refractivity contribution in [1.82, 2.24) is 14.8 Å². The number of aromatic nitrogens is 1. The molecule has 32 heavy (non-hydrogen) atoms. The third-order valence-electron chi connectivity index (χ3n) is 5.74. The first kappa shape index (κ1) is 22.6. The predicted molar refractivity (Wildman–Crippen MR) is 126 cm³/mol. The van der Waals surface area contributed by atoms with Crippen LogP contribution in [-0.2, 0) is 16.1 Å². The number of halogens is 2. The van der Waals surface area contributed by atoms with Crippen LogP contribution in [0.2, 0.25) is 10.0 Å². The van der Waals surface area contributed by atoms with E-state index < -0.39 is 12.0 Å². The van der Waals surface area contributed by atoms with Crippen molar-refractivity contribution < 1.29 is 14.7 Å². The lowest BCUT2D eigenvalue weighted by atomic mass is 10.0. The van der Waals surface area contributed by atoms with Crippen LogP contribution in [0.4, 0.5) is 5.69 Å². The number of nitrogens with one attached hydrogen (secondary N) is 2. The molecule has 7 nitrogen and oxygen atoms in total. The standard InChI is InChI=1S/C23H24Cl2N4O3/c1-14(30)27-17-4-5-21-18(11-17)19(12-26-21)22(23(31)32)29-8-6-28(7-9-29)13-15-2-3-16(24)10-20(15)25/h2-5,10-12,22,26H,6-9,13H2,1H3,(H,27,30)(H,31,32)/t22-/m0/s1. The maximum absolute atomic E-state index is 12.3. The Hall–Kier alpha value is -2.58. The highest BCUT2D eigenvalue weighted by Crippen LogP contribution is 2.32. The molecular weight excluding hydrogens is 451 g/mol. The fourth-order valence-electron chi connectivity index (χ4n) is 4.21. The number of carboxylic acid groups (broad SMARTS) is 1. The third-order valence-corrected chi connectivity index (χ3v) is 6.33. The Bertz CT molecular complexity index is 1160. The average molecular weight is 475 g/mol. The van der Waals surface area contributed by atoms with Crippen molar-refractivity contribution in [3.63, 3.8) is 0 Å². The van der Waals surface area contributed by atoms with Gasteiger partial charge in [-0.15, -0.1) is 0 Å². The number of benzene rings is 2. The van der Waals surface area contributed by atoms with Crippen molar-refractivity contribution in [3.8, 4) is 0 Å². The summed E-state index contributed by atoms with van der Waals surface area (Å²) in [4.78, 5) is 31.1. The van der Waals surface area contributed by atoms with E-state index in [0.29, 0.717) is 40.9 Å². The molecule has 2 heterocycles. The van der Waals surface area contributed by atoms with Crippen LogP contribution in [0.15, 0.2) is 42.6 Å². The van der Waals surface area contributed by atoms with Gasteiger partial charge in [0.2, 0.25) is 5.91 Å². The van der Waals surface area contributed by atoms with E-state index in [0.717, 1.165) is 29.6 Å². The highest BCUT2D eigenvalue weighted by atomic mass is 35.5. The Morgan fingerprint density at radius 1 is 1.12 bits per heavy atom. The molecule has 1 aromatic heterocycles. The maximum atomic E-state index is 12.3. The molecule has 1 atom stereocenters. The number of amides is 1. The molecule has 3 aromatic rings. The number of fused-ring (bicyclic) bond motifs is 1. The molecule has 1 amide bonds. The Kier molecular flexibility index (Phi) is 6.71. The third kappa shape index (κ3) is 4.91. The second-order valence-electron chi connectivity index (χ2n) is 7.97. The van der Waals surface area contributed by atoms with Crippen molar-refractivity contribution in [2.45, 2.75) is 19.5 Å². The first-order valence-corrected chi connectivity index (χ1v) is 11.1. The van der Waals surface area contributed by atoms with Gasteiger partial charge in [0.15, 0.2) is 0 Å². The monoisotopic (exact) mass is 474 g/mol. The lowest BCUT2D eigenvalue weighted by Gasteiger charge is -2.37. The van der Waals surface area contributed by atoms with E-state index in [1.54, 1.807) is 18.3 Å². The normalized spacial score (nSPS) is 16.2. The van der Waals surface area contributed by atoms with Gasteiger partial charge in [0.25, 0.3) is 0 Å². The number of carboxylic acids is 1. The first-order valence-electron chi connectivity index (χ1n) is 10.3. The number of hydrogen-bond donors (Lipinski definition) is 3. The summed E-state index contributed by atoms with van der Waals surface area (Å²) >= 11 is 12.3. The van der Waals surface area contributed by atoms with Crippen molar-refractivity contribution in [3.05, 3.63) is 63.8 Å². The van der Waals surface area contributed by atoms with E-state index in [1.165, 1.54) is 6.92 Å². The highest BCUT2D eigenvalue weighted by Gasteiger charge is 2.32. The van der Waals surface area contributed by atoms with Gasteiger partial charge in [0.1, 0.15) is 6.04 Å². The van der Waals surface area contributed by atoms with Crippen molar-refractivity contribution in [2.24, 2.45) is 0 Å². The molecule has 0 bridgehead atoms. The van der Waals surface area contributed by atoms with Gasteiger partial charge in [-0.3, -0.25) is 19.4 Å². The van der Waals surface area contributed by atoms with Crippen LogP contribution in [0, 0.1) is 0 Å². The van der Waals surface area contributed by atoms with Gasteiger partial charge in [-0.05, 0) is 35.9 Å². The lowest BCUT2D eigenvalue weighted by Crippen LogP contribution is -2.48. The van der Waals surface area contributed by atoms with Crippen LogP contribution in [0.25, 0.3) is 10.9 Å². The van der Waals surface area contributed by atoms with Crippen LogP contribution >= 0.6 is 23.2 Å². The quantitative estimate of drug-likeness (QED) is 0.493. The predicted octanol–water partition coefficient (Wildman–Crippen LogP) is 4.38. The summed E-state index contributed by atoms with van der Waals surface area (Å²) in [7, 11) is 0. The van der Waals surface area contributed by atoms with E-state index in [4.69, 9.17) is 23.2 Å². The minimum absolute atomic E-state index is 0.173. The molecule has 2 aromatic carbocycles. The van der Waals surface area contributed by atoms with Crippen LogP contribution in [0.3, 0.4) is 0 Å². The minimum Gasteiger partial charge on any atom is -0.480 e. The number of aromatic amines is 1. The number of rotatable bonds is 6. The van der Waals surface area contributed by atoms with E-state index in [1.807, 2.05) is 29.2 Å². The molecule has 4 rings (SSSR count). The summed E-state index contributed by atoms with van der Waals surface area (Å²) < 4.78 is 0. The van der Waals surface area contributed by atoms with Crippen molar-refractivity contribution in [1.29, 1.82) is 0 Å². The molecule has 1 fully saturated rings. The van der Waals surface area contributed by atoms with Gasteiger partial charge in [-0.2, -0.15) is 0 Å². The highest BCUT2D eigenvalue weighted by molar-refractivity contribution is 6.35. The number of carbonyl (C=O) groups is 2. The first-order chi connectivity index (χ1) is 15.3. The number of piperazine rings is 1. The number of aliphatic carboxylic acids is 1. The molecule has 0 unspecified atom stereocenters. The summed E-state index contributed by atoms with van der Waals surface area (Å²) in [5.41, 5.74) is 3.16. The summed E-state index contributed by atoms with van der Waals surface area (Å²) in [6.45, 7) is 4.80. The van der Waals surface area contributed by atoms with Gasteiger partial charge in [-0.1, -0.05) is 29.3 Å². The Balaban J connectivity index is 1.51. The number of anilines is 1. The largest absolute Gasteiger partial charge is 0.480 e. The van der Waals surface area contributed by atoms with Gasteiger partial charge in [-0.25, -0.2) is 0 Å². The minimum atomic E-state index is -0.898. The van der Waals surface area contributed by atoms with Crippen LogP contribution in [0.5, 0.6) is 0 Å². The number of H-pyrrole nitrogens is 1. The Morgan fingerprint density at radius 3 is 2.53 bits per heavy atom. The van der Waals surface area contributed by atoms with Gasteiger partial charge in [0.05, 0.1) is 0 Å². The Morgan fingerprint density at radius 2 is 1.88 bits per heavy atom. The summed E-state index contributed by atoms with van der Waals surface area (Å²) in [5.74, 6) is -1.07. The second-order valence-corrected chi connectivity index (χ2v) is 8.82. The van der Waals surface area contributed by atoms with Crippen LogP contribution in [-0.4, -0.2) is 57.9 Å². The number of hydrogen-bond acceptors (Lipinski definition) is 4. The molecule has 168 valence electrons. The molecule has 3 N–H and O–H groups in total. The zero-order valence-corrected chi connectivity index (χ0v) is 19.1. The fourth-order valence-corrected chi connectivity index (χ4v) is 4.67. The smallest absolute Gasteiger partial charge is 0.325 e. The number of carbonyl (C=O) groups excluding carboxylic acids is 1. The van der Waals surface area contributed by atoms with Gasteiger partial charge in [0, 0.05) is 78.0 Å². The zero-order chi connectivity index (χ0) is 22.8. The van der Waals surface area contributed by atoms with E-state index in [9.17, 15) is 14.7 Å². The van der Waals surface area contributed by atoms with Crippen LogP contribution in [0.1, 0.15) is 24.1 Å². The van der Waals surface area contributed by atoms with Gasteiger partial charge >= 0.3 is 5.97 Å². The summed E-state index contributed by atoms with van der Waals surface area (Å²) in [6, 6.07) is 10.2. The second kappa shape index (κ2) is 9.50. The lowest BCUT2D eigenvalue weighted by molar-refractivity contribution is -0.144. The van der Waals surface area contributed by atoms with E-state index in [2.05, 4.69) is 15.2 Å². The number of nitrogens with zero attached hydrogens (tertiary/aromatic N) is 2. The zero-order valence-electron chi connectivity index (χ0n) is 17.6. The molecule has 1 aliphatic rings. The molecule has 1 aliphatic heterocycles. The summed E-state index contributed by atoms with van der Waals surface area (Å²) in [6.07, 6.45) is 1.75. The molecule has 1 saturated heterocycles. The average Bonchev–Trinajstić information content (AvgIpc) is 3.14. The van der Waals surface area contributed by atoms with Crippen molar-refractivity contribution >= 4 is 51.7 Å². The van der Waals surface area contributed by atoms with Crippen LogP contribution < -0.4 is 5.32 Å². The van der Waals surface area contributed by atoms with Gasteiger partial charge < -0.3 is 15.4 Å². The molecule has 0 spiro atoms. The fraction of sp³-hybridized carbons (Fsp3) is 0.304. The molecular formula is C23H24Cl2N4O3. The molecule has 0 radical (unpaired) electrons. The molecule has 9 heteroatoms. The van der Waals surface area contributed by atoms with E-state index in [-0.39, 0.29) is 5.91 Å².